The molecule has 5 nitrogen and oxygen atoms in total. The number of aryl methyl sites for hydroxylation is 1. The molecule has 1 aromatic heterocycles. The molecule has 1 atom stereocenters. The lowest BCUT2D eigenvalue weighted by Crippen LogP contribution is -2.08. The quantitative estimate of drug-likeness (QED) is 0.676. The van der Waals surface area contributed by atoms with E-state index in [1.807, 2.05) is 12.1 Å². The Labute approximate surface area is 129 Å². The number of halogens is 1. The van der Waals surface area contributed by atoms with E-state index in [0.717, 1.165) is 22.7 Å². The third kappa shape index (κ3) is 2.58. The highest BCUT2D eigenvalue weighted by Gasteiger charge is 2.27. The van der Waals surface area contributed by atoms with E-state index >= 15 is 0 Å². The van der Waals surface area contributed by atoms with Crippen LogP contribution in [-0.4, -0.2) is 4.92 Å². The highest BCUT2D eigenvalue weighted by molar-refractivity contribution is 7.16. The molecule has 1 heterocycles. The first-order valence-electron chi connectivity index (χ1n) is 6.31. The van der Waals surface area contributed by atoms with Crippen LogP contribution in [0.15, 0.2) is 24.3 Å². The molecule has 1 aliphatic carbocycles. The summed E-state index contributed by atoms with van der Waals surface area (Å²) in [4.78, 5) is 11.9. The number of nitrogens with zero attached hydrogens (tertiary/aromatic N) is 2. The number of nitro groups is 1. The van der Waals surface area contributed by atoms with Gasteiger partial charge in [0.05, 0.1) is 26.9 Å². The molecule has 0 radical (unpaired) electrons. The summed E-state index contributed by atoms with van der Waals surface area (Å²) >= 11 is 7.57. The van der Waals surface area contributed by atoms with Gasteiger partial charge < -0.3 is 5.32 Å². The van der Waals surface area contributed by atoms with E-state index in [1.54, 1.807) is 23.5 Å². The predicted octanol–water partition coefficient (Wildman–Crippen LogP) is 4.28. The molecule has 106 valence electrons. The Kier molecular flexibility index (Phi) is 3.53. The van der Waals surface area contributed by atoms with Crippen LogP contribution < -0.4 is 5.32 Å². The number of rotatable bonds is 3. The van der Waals surface area contributed by atoms with Crippen molar-refractivity contribution in [1.82, 2.24) is 0 Å². The van der Waals surface area contributed by atoms with Gasteiger partial charge in [-0.1, -0.05) is 11.6 Å². The van der Waals surface area contributed by atoms with Crippen molar-refractivity contribution >= 4 is 34.3 Å². The lowest BCUT2D eigenvalue weighted by atomic mass is 10.1. The summed E-state index contributed by atoms with van der Waals surface area (Å²) in [6.45, 7) is 0. The summed E-state index contributed by atoms with van der Waals surface area (Å²) in [5.41, 5.74) is 1.74. The molecule has 0 spiro atoms. The van der Waals surface area contributed by atoms with Gasteiger partial charge in [-0.25, -0.2) is 0 Å². The van der Waals surface area contributed by atoms with E-state index in [9.17, 15) is 10.1 Å². The predicted molar refractivity (Wildman–Crippen MR) is 81.8 cm³/mol. The van der Waals surface area contributed by atoms with Crippen molar-refractivity contribution in [3.63, 3.8) is 0 Å². The molecule has 21 heavy (non-hydrogen) atoms. The van der Waals surface area contributed by atoms with Crippen LogP contribution in [0.2, 0.25) is 4.34 Å². The number of thiophene rings is 1. The molecule has 1 aromatic carbocycles. The highest BCUT2D eigenvalue weighted by atomic mass is 35.5. The van der Waals surface area contributed by atoms with Gasteiger partial charge in [0.15, 0.2) is 0 Å². The molecular formula is C14H10ClN3O2S. The topological polar surface area (TPSA) is 79.0 Å². The van der Waals surface area contributed by atoms with Crippen molar-refractivity contribution in [3.8, 4) is 6.07 Å². The van der Waals surface area contributed by atoms with Crippen molar-refractivity contribution in [2.24, 2.45) is 0 Å². The minimum absolute atomic E-state index is 0.0235. The van der Waals surface area contributed by atoms with Crippen molar-refractivity contribution < 1.29 is 4.92 Å². The van der Waals surface area contributed by atoms with Crippen LogP contribution in [0.5, 0.6) is 0 Å². The van der Waals surface area contributed by atoms with Gasteiger partial charge in [0.2, 0.25) is 0 Å². The van der Waals surface area contributed by atoms with Crippen LogP contribution >= 0.6 is 22.9 Å². The zero-order valence-corrected chi connectivity index (χ0v) is 12.4. The molecule has 0 bridgehead atoms. The largest absolute Gasteiger partial charge is 0.373 e. The molecule has 0 saturated heterocycles. The zero-order valence-electron chi connectivity index (χ0n) is 10.8. The van der Waals surface area contributed by atoms with E-state index in [0.29, 0.717) is 5.69 Å². The number of fused-ring (bicyclic) bond motifs is 1. The third-order valence-corrected chi connectivity index (χ3v) is 4.84. The molecule has 0 amide bonds. The van der Waals surface area contributed by atoms with Crippen LogP contribution in [0.25, 0.3) is 0 Å². The number of nitro benzene ring substituents is 1. The number of nitriles is 1. The second kappa shape index (κ2) is 5.35. The lowest BCUT2D eigenvalue weighted by molar-refractivity contribution is -0.384. The van der Waals surface area contributed by atoms with Crippen molar-refractivity contribution in [2.45, 2.75) is 18.9 Å². The SMILES string of the molecule is N#Cc1ccc(NC2CCc3sc(Cl)cc32)c([N+](=O)[O-])c1. The first-order valence-corrected chi connectivity index (χ1v) is 7.51. The summed E-state index contributed by atoms with van der Waals surface area (Å²) < 4.78 is 0.737. The third-order valence-electron chi connectivity index (χ3n) is 3.50. The minimum atomic E-state index is -0.473. The van der Waals surface area contributed by atoms with Gasteiger partial charge in [0.1, 0.15) is 5.69 Å². The summed E-state index contributed by atoms with van der Waals surface area (Å²) in [6, 6.07) is 8.31. The average molecular weight is 320 g/mol. The van der Waals surface area contributed by atoms with Crippen molar-refractivity contribution in [2.75, 3.05) is 5.32 Å². The van der Waals surface area contributed by atoms with E-state index in [1.165, 1.54) is 10.9 Å². The number of anilines is 1. The van der Waals surface area contributed by atoms with Crippen LogP contribution in [0.4, 0.5) is 11.4 Å². The maximum atomic E-state index is 11.2. The molecule has 2 aromatic rings. The average Bonchev–Trinajstić information content (AvgIpc) is 2.99. The normalized spacial score (nSPS) is 16.3. The molecular weight excluding hydrogens is 310 g/mol. The first kappa shape index (κ1) is 13.9. The Hall–Kier alpha value is -2.10. The Bertz CT molecular complexity index is 766. The second-order valence-electron chi connectivity index (χ2n) is 4.77. The minimum Gasteiger partial charge on any atom is -0.373 e. The van der Waals surface area contributed by atoms with Crippen LogP contribution in [0.3, 0.4) is 0 Å². The molecule has 0 aliphatic heterocycles. The van der Waals surface area contributed by atoms with E-state index in [2.05, 4.69) is 5.32 Å². The summed E-state index contributed by atoms with van der Waals surface area (Å²) in [5.74, 6) is 0. The number of nitrogens with one attached hydrogen (secondary N) is 1. The fraction of sp³-hybridized carbons (Fsp3) is 0.214. The summed E-state index contributed by atoms with van der Waals surface area (Å²) in [5, 5.41) is 23.2. The number of hydrogen-bond acceptors (Lipinski definition) is 5. The van der Waals surface area contributed by atoms with Gasteiger partial charge >= 0.3 is 0 Å². The standard InChI is InChI=1S/C14H10ClN3O2S/c15-14-6-9-10(3-4-13(9)21-14)17-11-2-1-8(7-16)5-12(11)18(19)20/h1-2,5-6,10,17H,3-4H2. The van der Waals surface area contributed by atoms with Crippen LogP contribution in [-0.2, 0) is 6.42 Å². The maximum Gasteiger partial charge on any atom is 0.293 e. The Morgan fingerprint density at radius 3 is 3.00 bits per heavy atom. The smallest absolute Gasteiger partial charge is 0.293 e. The molecule has 0 saturated carbocycles. The van der Waals surface area contributed by atoms with Gasteiger partial charge in [-0.2, -0.15) is 5.26 Å². The highest BCUT2D eigenvalue weighted by Crippen LogP contribution is 2.42. The van der Waals surface area contributed by atoms with Gasteiger partial charge in [-0.05, 0) is 36.6 Å². The number of benzene rings is 1. The van der Waals surface area contributed by atoms with E-state index < -0.39 is 4.92 Å². The maximum absolute atomic E-state index is 11.2. The fourth-order valence-electron chi connectivity index (χ4n) is 2.54. The lowest BCUT2D eigenvalue weighted by Gasteiger charge is -2.14. The summed E-state index contributed by atoms with van der Waals surface area (Å²) in [7, 11) is 0. The molecule has 0 fully saturated rings. The first-order chi connectivity index (χ1) is 10.1. The van der Waals surface area contributed by atoms with Gasteiger partial charge in [0.25, 0.3) is 5.69 Å². The van der Waals surface area contributed by atoms with E-state index in [4.69, 9.17) is 16.9 Å². The fourth-order valence-corrected chi connectivity index (χ4v) is 3.90. The Balaban J connectivity index is 1.92. The molecule has 1 N–H and O–H groups in total. The Morgan fingerprint density at radius 2 is 2.29 bits per heavy atom. The van der Waals surface area contributed by atoms with Gasteiger partial charge in [-0.15, -0.1) is 11.3 Å². The molecule has 1 unspecified atom stereocenters. The Morgan fingerprint density at radius 1 is 1.48 bits per heavy atom. The zero-order chi connectivity index (χ0) is 15.0. The van der Waals surface area contributed by atoms with Crippen molar-refractivity contribution in [1.29, 1.82) is 5.26 Å². The second-order valence-corrected chi connectivity index (χ2v) is 6.53. The van der Waals surface area contributed by atoms with Gasteiger partial charge in [0, 0.05) is 10.9 Å². The summed E-state index contributed by atoms with van der Waals surface area (Å²) in [6.07, 6.45) is 1.81. The molecule has 7 heteroatoms. The monoisotopic (exact) mass is 319 g/mol. The van der Waals surface area contributed by atoms with Crippen LogP contribution in [0, 0.1) is 21.4 Å². The van der Waals surface area contributed by atoms with Gasteiger partial charge in [-0.3, -0.25) is 10.1 Å². The van der Waals surface area contributed by atoms with Crippen molar-refractivity contribution in [3.05, 3.63) is 54.7 Å². The van der Waals surface area contributed by atoms with Crippen LogP contribution in [0.1, 0.15) is 28.5 Å². The number of hydrogen-bond donors (Lipinski definition) is 1. The molecule has 1 aliphatic rings. The van der Waals surface area contributed by atoms with E-state index in [-0.39, 0.29) is 17.3 Å². The molecule has 3 rings (SSSR count).